The van der Waals surface area contributed by atoms with Gasteiger partial charge >= 0.3 is 0 Å². The molecule has 1 nitrogen and oxygen atoms in total. The first-order valence-corrected chi connectivity index (χ1v) is 4.76. The monoisotopic (exact) mass is 175 g/mol. The van der Waals surface area contributed by atoms with Gasteiger partial charge in [0.25, 0.3) is 0 Å². The third-order valence-electron chi connectivity index (χ3n) is 2.26. The van der Waals surface area contributed by atoms with Crippen molar-refractivity contribution in [3.05, 3.63) is 34.9 Å². The maximum absolute atomic E-state index is 10.7. The molecule has 0 spiro atoms. The Hall–Kier alpha value is -1.11. The van der Waals surface area contributed by atoms with Gasteiger partial charge in [0.1, 0.15) is 0 Å². The Morgan fingerprint density at radius 2 is 2.15 bits per heavy atom. The summed E-state index contributed by atoms with van der Waals surface area (Å²) in [5.41, 5.74) is 2.93. The Morgan fingerprint density at radius 3 is 2.77 bits per heavy atom. The summed E-state index contributed by atoms with van der Waals surface area (Å²) in [7, 11) is 0. The van der Waals surface area contributed by atoms with Gasteiger partial charge in [0.15, 0.2) is 0 Å². The van der Waals surface area contributed by atoms with Crippen molar-refractivity contribution in [2.45, 2.75) is 33.1 Å². The van der Waals surface area contributed by atoms with Crippen molar-refractivity contribution in [1.82, 2.24) is 0 Å². The van der Waals surface area contributed by atoms with E-state index in [0.29, 0.717) is 0 Å². The summed E-state index contributed by atoms with van der Waals surface area (Å²) < 4.78 is 0. The second-order valence-electron chi connectivity index (χ2n) is 3.31. The zero-order valence-electron chi connectivity index (χ0n) is 8.26. The lowest BCUT2D eigenvalue weighted by molar-refractivity contribution is 0.562. The van der Waals surface area contributed by atoms with Crippen molar-refractivity contribution in [2.75, 3.05) is 0 Å². The molecule has 0 aliphatic carbocycles. The van der Waals surface area contributed by atoms with E-state index in [1.807, 2.05) is 31.4 Å². The summed E-state index contributed by atoms with van der Waals surface area (Å²) in [6.45, 7) is 4.11. The molecule has 1 aromatic carbocycles. The molecular weight excluding hydrogens is 160 g/mol. The van der Waals surface area contributed by atoms with Gasteiger partial charge in [-0.25, -0.2) is 0 Å². The molecule has 0 fully saturated rings. The molecule has 0 heterocycles. The quantitative estimate of drug-likeness (QED) is 0.687. The molecule has 1 rings (SSSR count). The number of unbranched alkanes of at least 4 members (excludes halogenated alkanes) is 1. The molecule has 1 aromatic rings. The molecule has 0 N–H and O–H groups in total. The van der Waals surface area contributed by atoms with Gasteiger partial charge in [0, 0.05) is 5.56 Å². The highest BCUT2D eigenvalue weighted by atomic mass is 16.1. The lowest BCUT2D eigenvalue weighted by Gasteiger charge is -2.05. The van der Waals surface area contributed by atoms with E-state index in [4.69, 9.17) is 0 Å². The molecule has 0 atom stereocenters. The van der Waals surface area contributed by atoms with Crippen LogP contribution in [0.5, 0.6) is 0 Å². The zero-order chi connectivity index (χ0) is 9.68. The first-order chi connectivity index (χ1) is 6.29. The predicted octanol–water partition coefficient (Wildman–Crippen LogP) is 2.80. The standard InChI is InChI=1S/C12H15O/c1-3-4-7-11-8-5-6-10(2)12(11)9-13/h5-6,8H,3-4,7H2,1-2H3. The fourth-order valence-electron chi connectivity index (χ4n) is 1.45. The van der Waals surface area contributed by atoms with E-state index < -0.39 is 0 Å². The van der Waals surface area contributed by atoms with Crippen molar-refractivity contribution >= 4 is 6.29 Å². The summed E-state index contributed by atoms with van der Waals surface area (Å²) in [6, 6.07) is 5.97. The molecule has 0 aliphatic rings. The van der Waals surface area contributed by atoms with Crippen LogP contribution in [0.1, 0.15) is 36.5 Å². The zero-order valence-corrected chi connectivity index (χ0v) is 8.26. The van der Waals surface area contributed by atoms with Crippen LogP contribution in [0.3, 0.4) is 0 Å². The molecule has 13 heavy (non-hydrogen) atoms. The van der Waals surface area contributed by atoms with Gasteiger partial charge in [-0.2, -0.15) is 0 Å². The maximum atomic E-state index is 10.7. The average Bonchev–Trinajstić information content (AvgIpc) is 2.15. The van der Waals surface area contributed by atoms with Crippen LogP contribution in [0.2, 0.25) is 0 Å². The second kappa shape index (κ2) is 4.80. The van der Waals surface area contributed by atoms with E-state index in [0.717, 1.165) is 36.0 Å². The van der Waals surface area contributed by atoms with Crippen molar-refractivity contribution in [3.8, 4) is 0 Å². The third-order valence-corrected chi connectivity index (χ3v) is 2.26. The molecule has 0 unspecified atom stereocenters. The molecule has 1 heteroatoms. The minimum atomic E-state index is 0.760. The molecule has 1 radical (unpaired) electrons. The molecular formula is C12H15O. The van der Waals surface area contributed by atoms with Crippen LogP contribution in [0.15, 0.2) is 18.2 Å². The Kier molecular flexibility index (Phi) is 3.69. The molecule has 0 aromatic heterocycles. The SMILES string of the molecule is CCCCc1cccc(C)c1[C]=O. The first-order valence-electron chi connectivity index (χ1n) is 4.76. The topological polar surface area (TPSA) is 17.1 Å². The minimum Gasteiger partial charge on any atom is -0.285 e. The smallest absolute Gasteiger partial charge is 0.234 e. The van der Waals surface area contributed by atoms with Crippen LogP contribution in [-0.4, -0.2) is 6.29 Å². The van der Waals surface area contributed by atoms with E-state index >= 15 is 0 Å². The van der Waals surface area contributed by atoms with Crippen molar-refractivity contribution in [2.24, 2.45) is 0 Å². The molecule has 0 bridgehead atoms. The summed E-state index contributed by atoms with van der Waals surface area (Å²) >= 11 is 0. The van der Waals surface area contributed by atoms with Gasteiger partial charge < -0.3 is 0 Å². The highest BCUT2D eigenvalue weighted by molar-refractivity contribution is 5.79. The van der Waals surface area contributed by atoms with Crippen molar-refractivity contribution < 1.29 is 4.79 Å². The van der Waals surface area contributed by atoms with Gasteiger partial charge in [0.2, 0.25) is 6.29 Å². The van der Waals surface area contributed by atoms with Crippen molar-refractivity contribution in [3.63, 3.8) is 0 Å². The Bertz CT molecular complexity index is 289. The van der Waals surface area contributed by atoms with Crippen LogP contribution >= 0.6 is 0 Å². The van der Waals surface area contributed by atoms with Gasteiger partial charge in [-0.05, 0) is 30.9 Å². The number of carbonyl (C=O) groups excluding carboxylic acids is 1. The van der Waals surface area contributed by atoms with Crippen LogP contribution in [0, 0.1) is 6.92 Å². The fraction of sp³-hybridized carbons (Fsp3) is 0.417. The molecule has 0 amide bonds. The van der Waals surface area contributed by atoms with Gasteiger partial charge in [0.05, 0.1) is 0 Å². The summed E-state index contributed by atoms with van der Waals surface area (Å²) in [6.07, 6.45) is 5.31. The minimum absolute atomic E-state index is 0.760. The average molecular weight is 175 g/mol. The molecule has 69 valence electrons. The van der Waals surface area contributed by atoms with Crippen LogP contribution in [-0.2, 0) is 11.2 Å². The number of rotatable bonds is 4. The summed E-state index contributed by atoms with van der Waals surface area (Å²) in [5.74, 6) is 0. The highest BCUT2D eigenvalue weighted by Gasteiger charge is 2.03. The Morgan fingerprint density at radius 1 is 1.38 bits per heavy atom. The van der Waals surface area contributed by atoms with Gasteiger partial charge in [-0.15, -0.1) is 0 Å². The third kappa shape index (κ3) is 2.41. The predicted molar refractivity (Wildman–Crippen MR) is 54.6 cm³/mol. The normalized spacial score (nSPS) is 10.0. The molecule has 0 saturated carbocycles. The van der Waals surface area contributed by atoms with E-state index in [1.54, 1.807) is 0 Å². The number of benzene rings is 1. The van der Waals surface area contributed by atoms with Gasteiger partial charge in [-0.3, -0.25) is 4.79 Å². The lowest BCUT2D eigenvalue weighted by Crippen LogP contribution is -1.95. The fourth-order valence-corrected chi connectivity index (χ4v) is 1.45. The van der Waals surface area contributed by atoms with E-state index in [2.05, 4.69) is 6.92 Å². The summed E-state index contributed by atoms with van der Waals surface area (Å²) in [4.78, 5) is 10.7. The van der Waals surface area contributed by atoms with Crippen LogP contribution in [0.25, 0.3) is 0 Å². The van der Waals surface area contributed by atoms with E-state index in [9.17, 15) is 4.79 Å². The summed E-state index contributed by atoms with van der Waals surface area (Å²) in [5, 5.41) is 0. The number of aryl methyl sites for hydroxylation is 2. The highest BCUT2D eigenvalue weighted by Crippen LogP contribution is 2.14. The lowest BCUT2D eigenvalue weighted by atomic mass is 9.99. The molecule has 0 saturated heterocycles. The number of hydrogen-bond donors (Lipinski definition) is 0. The maximum Gasteiger partial charge on any atom is 0.234 e. The Balaban J connectivity index is 2.91. The largest absolute Gasteiger partial charge is 0.285 e. The van der Waals surface area contributed by atoms with E-state index in [-0.39, 0.29) is 0 Å². The van der Waals surface area contributed by atoms with Crippen LogP contribution < -0.4 is 0 Å². The molecule has 0 aliphatic heterocycles. The van der Waals surface area contributed by atoms with Crippen LogP contribution in [0.4, 0.5) is 0 Å². The van der Waals surface area contributed by atoms with Crippen molar-refractivity contribution in [1.29, 1.82) is 0 Å². The van der Waals surface area contributed by atoms with E-state index in [1.165, 1.54) is 0 Å². The van der Waals surface area contributed by atoms with Gasteiger partial charge in [-0.1, -0.05) is 31.5 Å². The Labute approximate surface area is 79.8 Å². The second-order valence-corrected chi connectivity index (χ2v) is 3.31. The number of hydrogen-bond acceptors (Lipinski definition) is 1. The first kappa shape index (κ1) is 9.97.